The Morgan fingerprint density at radius 3 is 2.93 bits per heavy atom. The fraction of sp³-hybridized carbons (Fsp3) is 0.250. The average Bonchev–Trinajstić information content (AvgIpc) is 2.71. The zero-order valence-corrected chi connectivity index (χ0v) is 8.63. The number of nitrogens with two attached hydrogens (primary N) is 1. The maximum atomic E-state index is 5.71. The monoisotopic (exact) mass is 201 g/mol. The molecule has 2 rings (SSSR count). The summed E-state index contributed by atoms with van der Waals surface area (Å²) in [6.07, 6.45) is 5.93. The van der Waals surface area contributed by atoms with Gasteiger partial charge in [-0.2, -0.15) is 5.10 Å². The second kappa shape index (κ2) is 4.64. The zero-order valence-electron chi connectivity index (χ0n) is 8.63. The van der Waals surface area contributed by atoms with Crippen molar-refractivity contribution in [3.8, 4) is 0 Å². The Labute approximate surface area is 89.5 Å². The Bertz CT molecular complexity index is 407. The van der Waals surface area contributed by atoms with Crippen molar-refractivity contribution in [2.45, 2.75) is 19.4 Å². The van der Waals surface area contributed by atoms with Gasteiger partial charge >= 0.3 is 0 Å². The molecule has 15 heavy (non-hydrogen) atoms. The van der Waals surface area contributed by atoms with E-state index < -0.39 is 0 Å². The van der Waals surface area contributed by atoms with Crippen LogP contribution in [0.5, 0.6) is 0 Å². The molecule has 0 bridgehead atoms. The van der Waals surface area contributed by atoms with E-state index in [4.69, 9.17) is 5.73 Å². The molecule has 1 heterocycles. The summed E-state index contributed by atoms with van der Waals surface area (Å²) in [5.74, 6) is 0. The van der Waals surface area contributed by atoms with Crippen LogP contribution in [0.15, 0.2) is 42.7 Å². The summed E-state index contributed by atoms with van der Waals surface area (Å²) in [7, 11) is 0. The number of hydrogen-bond acceptors (Lipinski definition) is 2. The Morgan fingerprint density at radius 1 is 1.27 bits per heavy atom. The number of nitrogen functional groups attached to an aromatic ring is 1. The summed E-state index contributed by atoms with van der Waals surface area (Å²) >= 11 is 0. The lowest BCUT2D eigenvalue weighted by atomic mass is 10.1. The van der Waals surface area contributed by atoms with E-state index in [-0.39, 0.29) is 0 Å². The first-order valence-corrected chi connectivity index (χ1v) is 5.16. The van der Waals surface area contributed by atoms with Gasteiger partial charge in [-0.25, -0.2) is 0 Å². The van der Waals surface area contributed by atoms with E-state index in [0.29, 0.717) is 0 Å². The minimum Gasteiger partial charge on any atom is -0.399 e. The fourth-order valence-electron chi connectivity index (χ4n) is 1.63. The van der Waals surface area contributed by atoms with Crippen molar-refractivity contribution in [2.24, 2.45) is 0 Å². The normalized spacial score (nSPS) is 10.4. The van der Waals surface area contributed by atoms with Crippen molar-refractivity contribution in [1.29, 1.82) is 0 Å². The molecule has 0 unspecified atom stereocenters. The topological polar surface area (TPSA) is 43.8 Å². The summed E-state index contributed by atoms with van der Waals surface area (Å²) in [6.45, 7) is 0.960. The molecule has 0 fully saturated rings. The molecule has 78 valence electrons. The summed E-state index contributed by atoms with van der Waals surface area (Å²) in [4.78, 5) is 0. The molecule has 0 spiro atoms. The summed E-state index contributed by atoms with van der Waals surface area (Å²) in [5, 5.41) is 4.16. The van der Waals surface area contributed by atoms with Crippen LogP contribution in [0.1, 0.15) is 12.0 Å². The molecule has 3 nitrogen and oxygen atoms in total. The number of aryl methyl sites for hydroxylation is 2. The Morgan fingerprint density at radius 2 is 2.20 bits per heavy atom. The minimum absolute atomic E-state index is 0.839. The predicted molar refractivity (Wildman–Crippen MR) is 61.4 cm³/mol. The highest BCUT2D eigenvalue weighted by atomic mass is 15.3. The van der Waals surface area contributed by atoms with Gasteiger partial charge in [0.05, 0.1) is 0 Å². The highest BCUT2D eigenvalue weighted by Gasteiger charge is 1.95. The maximum absolute atomic E-state index is 5.71. The molecule has 0 aliphatic heterocycles. The number of rotatable bonds is 4. The largest absolute Gasteiger partial charge is 0.399 e. The van der Waals surface area contributed by atoms with Crippen LogP contribution in [0.25, 0.3) is 0 Å². The van der Waals surface area contributed by atoms with Gasteiger partial charge in [0.25, 0.3) is 0 Å². The summed E-state index contributed by atoms with van der Waals surface area (Å²) in [5.41, 5.74) is 7.84. The fourth-order valence-corrected chi connectivity index (χ4v) is 1.63. The van der Waals surface area contributed by atoms with Gasteiger partial charge in [0.15, 0.2) is 0 Å². The molecular formula is C12H15N3. The first kappa shape index (κ1) is 9.77. The highest BCUT2D eigenvalue weighted by Crippen LogP contribution is 2.09. The molecule has 2 N–H and O–H groups in total. The van der Waals surface area contributed by atoms with E-state index in [1.807, 2.05) is 35.1 Å². The van der Waals surface area contributed by atoms with Crippen LogP contribution in [-0.4, -0.2) is 9.78 Å². The second-order valence-electron chi connectivity index (χ2n) is 3.62. The number of nitrogens with zero attached hydrogens (tertiary/aromatic N) is 2. The molecular weight excluding hydrogens is 186 g/mol. The third kappa shape index (κ3) is 2.84. The molecule has 0 aliphatic rings. The maximum Gasteiger partial charge on any atom is 0.0489 e. The lowest BCUT2D eigenvalue weighted by Crippen LogP contribution is -1.99. The highest BCUT2D eigenvalue weighted by molar-refractivity contribution is 5.40. The van der Waals surface area contributed by atoms with Gasteiger partial charge in [0.1, 0.15) is 0 Å². The van der Waals surface area contributed by atoms with Gasteiger partial charge in [-0.15, -0.1) is 0 Å². The third-order valence-electron chi connectivity index (χ3n) is 2.36. The van der Waals surface area contributed by atoms with E-state index in [0.717, 1.165) is 25.1 Å². The standard InChI is InChI=1S/C12H15N3/c13-12-6-1-4-11(10-12)5-2-8-15-9-3-7-14-15/h1,3-4,6-7,9-10H,2,5,8,13H2. The van der Waals surface area contributed by atoms with Gasteiger partial charge in [-0.1, -0.05) is 12.1 Å². The summed E-state index contributed by atoms with van der Waals surface area (Å²) in [6, 6.07) is 10.00. The SMILES string of the molecule is Nc1cccc(CCCn2cccn2)c1. The van der Waals surface area contributed by atoms with Crippen molar-refractivity contribution < 1.29 is 0 Å². The van der Waals surface area contributed by atoms with Crippen LogP contribution in [-0.2, 0) is 13.0 Å². The van der Waals surface area contributed by atoms with Crippen molar-refractivity contribution >= 4 is 5.69 Å². The lowest BCUT2D eigenvalue weighted by molar-refractivity contribution is 0.579. The van der Waals surface area contributed by atoms with Crippen LogP contribution in [0.4, 0.5) is 5.69 Å². The lowest BCUT2D eigenvalue weighted by Gasteiger charge is -2.03. The molecule has 0 aliphatic carbocycles. The van der Waals surface area contributed by atoms with Crippen LogP contribution in [0.2, 0.25) is 0 Å². The molecule has 0 saturated carbocycles. The smallest absolute Gasteiger partial charge is 0.0489 e. The van der Waals surface area contributed by atoms with Crippen LogP contribution < -0.4 is 5.73 Å². The van der Waals surface area contributed by atoms with Gasteiger partial charge in [0, 0.05) is 24.6 Å². The molecule has 0 radical (unpaired) electrons. The summed E-state index contributed by atoms with van der Waals surface area (Å²) < 4.78 is 1.95. The number of benzene rings is 1. The minimum atomic E-state index is 0.839. The van der Waals surface area contributed by atoms with Crippen molar-refractivity contribution in [3.63, 3.8) is 0 Å². The van der Waals surface area contributed by atoms with Crippen LogP contribution in [0, 0.1) is 0 Å². The molecule has 0 amide bonds. The number of aromatic nitrogens is 2. The van der Waals surface area contributed by atoms with Crippen LogP contribution >= 0.6 is 0 Å². The van der Waals surface area contributed by atoms with E-state index >= 15 is 0 Å². The van der Waals surface area contributed by atoms with Gasteiger partial charge in [-0.05, 0) is 36.6 Å². The van der Waals surface area contributed by atoms with Gasteiger partial charge in [0.2, 0.25) is 0 Å². The Balaban J connectivity index is 1.83. The first-order chi connectivity index (χ1) is 7.34. The quantitative estimate of drug-likeness (QED) is 0.770. The number of anilines is 1. The van der Waals surface area contributed by atoms with Gasteiger partial charge < -0.3 is 5.73 Å². The molecule has 2 aromatic rings. The zero-order chi connectivity index (χ0) is 10.5. The van der Waals surface area contributed by atoms with E-state index in [9.17, 15) is 0 Å². The van der Waals surface area contributed by atoms with E-state index in [1.165, 1.54) is 5.56 Å². The van der Waals surface area contributed by atoms with Crippen molar-refractivity contribution in [2.75, 3.05) is 5.73 Å². The van der Waals surface area contributed by atoms with E-state index in [1.54, 1.807) is 6.20 Å². The third-order valence-corrected chi connectivity index (χ3v) is 2.36. The Hall–Kier alpha value is -1.77. The molecule has 0 saturated heterocycles. The number of hydrogen-bond donors (Lipinski definition) is 1. The first-order valence-electron chi connectivity index (χ1n) is 5.16. The molecule has 1 aromatic carbocycles. The van der Waals surface area contributed by atoms with Crippen molar-refractivity contribution in [3.05, 3.63) is 48.3 Å². The Kier molecular flexibility index (Phi) is 3.02. The van der Waals surface area contributed by atoms with Crippen molar-refractivity contribution in [1.82, 2.24) is 9.78 Å². The molecule has 3 heteroatoms. The second-order valence-corrected chi connectivity index (χ2v) is 3.62. The molecule has 1 aromatic heterocycles. The molecule has 0 atom stereocenters. The van der Waals surface area contributed by atoms with E-state index in [2.05, 4.69) is 11.2 Å². The van der Waals surface area contributed by atoms with Gasteiger partial charge in [-0.3, -0.25) is 4.68 Å². The average molecular weight is 201 g/mol. The predicted octanol–water partition coefficient (Wildman–Crippen LogP) is 2.10. The van der Waals surface area contributed by atoms with Crippen LogP contribution in [0.3, 0.4) is 0 Å².